The molecule has 1 amide bonds. The van der Waals surface area contributed by atoms with Gasteiger partial charge in [0.15, 0.2) is 0 Å². The topological polar surface area (TPSA) is 56.0 Å². The molecule has 1 aromatic heterocycles. The van der Waals surface area contributed by atoms with Gasteiger partial charge in [-0.3, -0.25) is 9.78 Å². The van der Waals surface area contributed by atoms with Gasteiger partial charge in [-0.05, 0) is 6.07 Å². The standard InChI is InChI=1S/C9H7ClN2O/c10-8-6-12-5-4-7(8)2-1-3-9(11)13/h4-6H,3H2,(H2,11,13). The quantitative estimate of drug-likeness (QED) is 0.678. The zero-order valence-corrected chi connectivity index (χ0v) is 7.51. The van der Waals surface area contributed by atoms with Gasteiger partial charge >= 0.3 is 0 Å². The molecule has 0 aromatic carbocycles. The first kappa shape index (κ1) is 9.56. The minimum Gasteiger partial charge on any atom is -0.369 e. The van der Waals surface area contributed by atoms with Crippen LogP contribution in [0.1, 0.15) is 12.0 Å². The van der Waals surface area contributed by atoms with E-state index in [1.165, 1.54) is 6.20 Å². The van der Waals surface area contributed by atoms with Crippen LogP contribution in [0.15, 0.2) is 18.5 Å². The molecule has 0 aliphatic heterocycles. The molecule has 66 valence electrons. The molecular weight excluding hydrogens is 188 g/mol. The zero-order valence-electron chi connectivity index (χ0n) is 6.75. The van der Waals surface area contributed by atoms with Gasteiger partial charge in [0.05, 0.1) is 11.4 Å². The lowest BCUT2D eigenvalue weighted by atomic mass is 10.2. The van der Waals surface area contributed by atoms with Crippen molar-refractivity contribution in [1.29, 1.82) is 0 Å². The number of halogens is 1. The van der Waals surface area contributed by atoms with E-state index in [2.05, 4.69) is 16.8 Å². The summed E-state index contributed by atoms with van der Waals surface area (Å²) in [6.45, 7) is 0. The van der Waals surface area contributed by atoms with Gasteiger partial charge in [-0.1, -0.05) is 23.4 Å². The Kier molecular flexibility index (Phi) is 3.30. The Hall–Kier alpha value is -1.53. The highest BCUT2D eigenvalue weighted by molar-refractivity contribution is 6.31. The maximum absolute atomic E-state index is 10.3. The molecular formula is C9H7ClN2O. The fourth-order valence-electron chi connectivity index (χ4n) is 0.703. The lowest BCUT2D eigenvalue weighted by Crippen LogP contribution is -2.08. The van der Waals surface area contributed by atoms with Gasteiger partial charge in [0.1, 0.15) is 0 Å². The van der Waals surface area contributed by atoms with Gasteiger partial charge in [-0.2, -0.15) is 0 Å². The summed E-state index contributed by atoms with van der Waals surface area (Å²) in [7, 11) is 0. The number of nitrogens with two attached hydrogens (primary N) is 1. The van der Waals surface area contributed by atoms with E-state index in [1.807, 2.05) is 0 Å². The Morgan fingerprint density at radius 2 is 2.46 bits per heavy atom. The highest BCUT2D eigenvalue weighted by Crippen LogP contribution is 2.11. The molecule has 0 radical (unpaired) electrons. The van der Waals surface area contributed by atoms with Crippen molar-refractivity contribution in [3.8, 4) is 11.8 Å². The van der Waals surface area contributed by atoms with E-state index < -0.39 is 5.91 Å². The lowest BCUT2D eigenvalue weighted by Gasteiger charge is -1.91. The van der Waals surface area contributed by atoms with Gasteiger partial charge in [-0.15, -0.1) is 0 Å². The number of carbonyl (C=O) groups excluding carboxylic acids is 1. The highest BCUT2D eigenvalue weighted by Gasteiger charge is 1.93. The number of primary amides is 1. The first-order valence-electron chi connectivity index (χ1n) is 3.57. The summed E-state index contributed by atoms with van der Waals surface area (Å²) in [5.74, 6) is 4.88. The first-order chi connectivity index (χ1) is 6.20. The third-order valence-corrected chi connectivity index (χ3v) is 1.56. The number of hydrogen-bond donors (Lipinski definition) is 1. The van der Waals surface area contributed by atoms with Crippen molar-refractivity contribution in [2.75, 3.05) is 0 Å². The smallest absolute Gasteiger partial charge is 0.229 e. The van der Waals surface area contributed by atoms with Gasteiger partial charge in [-0.25, -0.2) is 0 Å². The molecule has 0 spiro atoms. The zero-order chi connectivity index (χ0) is 9.68. The van der Waals surface area contributed by atoms with E-state index >= 15 is 0 Å². The Bertz CT molecular complexity index is 379. The molecule has 0 aliphatic carbocycles. The molecule has 0 atom stereocenters. The van der Waals surface area contributed by atoms with Crippen molar-refractivity contribution in [2.45, 2.75) is 6.42 Å². The molecule has 3 nitrogen and oxygen atoms in total. The van der Waals surface area contributed by atoms with Crippen molar-refractivity contribution in [3.05, 3.63) is 29.0 Å². The second kappa shape index (κ2) is 4.48. The van der Waals surface area contributed by atoms with Crippen molar-refractivity contribution < 1.29 is 4.79 Å². The molecule has 0 unspecified atom stereocenters. The van der Waals surface area contributed by atoms with Crippen molar-refractivity contribution >= 4 is 17.5 Å². The highest BCUT2D eigenvalue weighted by atomic mass is 35.5. The number of rotatable bonds is 1. The Morgan fingerprint density at radius 1 is 1.69 bits per heavy atom. The van der Waals surface area contributed by atoms with Crippen LogP contribution in [0.2, 0.25) is 5.02 Å². The molecule has 0 saturated carbocycles. The molecule has 4 heteroatoms. The van der Waals surface area contributed by atoms with Crippen LogP contribution in [0.4, 0.5) is 0 Å². The van der Waals surface area contributed by atoms with Gasteiger partial charge in [0.25, 0.3) is 0 Å². The number of aromatic nitrogens is 1. The summed E-state index contributed by atoms with van der Waals surface area (Å²) in [6, 6.07) is 1.68. The normalized spacial score (nSPS) is 8.69. The third kappa shape index (κ3) is 3.14. The number of hydrogen-bond acceptors (Lipinski definition) is 2. The summed E-state index contributed by atoms with van der Waals surface area (Å²) in [4.78, 5) is 14.1. The van der Waals surface area contributed by atoms with E-state index in [4.69, 9.17) is 17.3 Å². The minimum atomic E-state index is -0.447. The molecule has 2 N–H and O–H groups in total. The second-order valence-electron chi connectivity index (χ2n) is 2.30. The predicted molar refractivity (Wildman–Crippen MR) is 49.9 cm³/mol. The molecule has 0 bridgehead atoms. The average molecular weight is 195 g/mol. The van der Waals surface area contributed by atoms with Crippen LogP contribution < -0.4 is 5.73 Å². The molecule has 0 aliphatic rings. The summed E-state index contributed by atoms with van der Waals surface area (Å²) in [5.41, 5.74) is 5.56. The van der Waals surface area contributed by atoms with E-state index in [1.54, 1.807) is 12.3 Å². The van der Waals surface area contributed by atoms with Crippen LogP contribution in [0.3, 0.4) is 0 Å². The maximum Gasteiger partial charge on any atom is 0.229 e. The van der Waals surface area contributed by atoms with Crippen LogP contribution in [0.5, 0.6) is 0 Å². The molecule has 1 heterocycles. The SMILES string of the molecule is NC(=O)CC#Cc1ccncc1Cl. The molecule has 13 heavy (non-hydrogen) atoms. The van der Waals surface area contributed by atoms with Gasteiger partial charge in [0, 0.05) is 18.0 Å². The van der Waals surface area contributed by atoms with E-state index in [0.29, 0.717) is 10.6 Å². The molecule has 1 aromatic rings. The van der Waals surface area contributed by atoms with Crippen LogP contribution >= 0.6 is 11.6 Å². The maximum atomic E-state index is 10.3. The molecule has 0 saturated heterocycles. The van der Waals surface area contributed by atoms with Crippen molar-refractivity contribution in [1.82, 2.24) is 4.98 Å². The van der Waals surface area contributed by atoms with E-state index in [9.17, 15) is 4.79 Å². The van der Waals surface area contributed by atoms with E-state index in [0.717, 1.165) is 0 Å². The van der Waals surface area contributed by atoms with E-state index in [-0.39, 0.29) is 6.42 Å². The van der Waals surface area contributed by atoms with Gasteiger partial charge in [0.2, 0.25) is 5.91 Å². The number of pyridine rings is 1. The average Bonchev–Trinajstić information content (AvgIpc) is 2.08. The summed E-state index contributed by atoms with van der Waals surface area (Å²) in [6.07, 6.45) is 3.12. The molecule has 1 rings (SSSR count). The Labute approximate surface area is 80.9 Å². The number of amides is 1. The van der Waals surface area contributed by atoms with Crippen LogP contribution in [-0.4, -0.2) is 10.9 Å². The fraction of sp³-hybridized carbons (Fsp3) is 0.111. The van der Waals surface area contributed by atoms with Gasteiger partial charge < -0.3 is 5.73 Å². The Morgan fingerprint density at radius 3 is 3.08 bits per heavy atom. The minimum absolute atomic E-state index is 0.0403. The summed E-state index contributed by atoms with van der Waals surface area (Å²) in [5, 5.41) is 0.472. The largest absolute Gasteiger partial charge is 0.369 e. The summed E-state index contributed by atoms with van der Waals surface area (Å²) >= 11 is 5.76. The Balaban J connectivity index is 2.77. The lowest BCUT2D eigenvalue weighted by molar-refractivity contribution is -0.117. The van der Waals surface area contributed by atoms with Crippen molar-refractivity contribution in [2.24, 2.45) is 5.73 Å². The molecule has 0 fully saturated rings. The number of nitrogens with zero attached hydrogens (tertiary/aromatic N) is 1. The van der Waals surface area contributed by atoms with Crippen LogP contribution in [-0.2, 0) is 4.79 Å². The summed E-state index contributed by atoms with van der Waals surface area (Å²) < 4.78 is 0. The van der Waals surface area contributed by atoms with Crippen LogP contribution in [0.25, 0.3) is 0 Å². The number of carbonyl (C=O) groups is 1. The third-order valence-electron chi connectivity index (χ3n) is 1.26. The van der Waals surface area contributed by atoms with Crippen molar-refractivity contribution in [3.63, 3.8) is 0 Å². The monoisotopic (exact) mass is 194 g/mol. The first-order valence-corrected chi connectivity index (χ1v) is 3.94. The van der Waals surface area contributed by atoms with Crippen LogP contribution in [0, 0.1) is 11.8 Å². The fourth-order valence-corrected chi connectivity index (χ4v) is 0.870. The predicted octanol–water partition coefficient (Wildman–Crippen LogP) is 0.962. The second-order valence-corrected chi connectivity index (χ2v) is 2.71.